The number of azo groups is 1. The molecule has 24 heteroatoms. The molecule has 3 aromatic heterocycles. The number of rotatable bonds is 9. The number of hydrogen-bond donors (Lipinski definition) is 3. The molecule has 2 aliphatic rings. The molecule has 62 heavy (non-hydrogen) atoms. The molecule has 0 fully saturated rings. The van der Waals surface area contributed by atoms with Crippen molar-refractivity contribution in [3.63, 3.8) is 0 Å². The molecule has 0 atom stereocenters. The van der Waals surface area contributed by atoms with Crippen molar-refractivity contribution in [2.75, 3.05) is 5.32 Å². The Kier molecular flexibility index (Phi) is 16.9. The van der Waals surface area contributed by atoms with Gasteiger partial charge in [-0.05, 0) is 72.2 Å². The van der Waals surface area contributed by atoms with E-state index in [0.29, 0.717) is 5.92 Å². The third kappa shape index (κ3) is 13.8. The molecule has 0 spiro atoms. The van der Waals surface area contributed by atoms with Crippen LogP contribution in [0, 0.1) is 20.2 Å². The molecule has 321 valence electrons. The number of nitro groups is 2. The summed E-state index contributed by atoms with van der Waals surface area (Å²) in [5.41, 5.74) is 4.45. The summed E-state index contributed by atoms with van der Waals surface area (Å²) < 4.78 is 3.86. The predicted molar refractivity (Wildman–Crippen MR) is 225 cm³/mol. The Bertz CT molecular complexity index is 2670. The molecule has 2 aromatic carbocycles. The van der Waals surface area contributed by atoms with Crippen LogP contribution in [0.2, 0.25) is 0 Å². The summed E-state index contributed by atoms with van der Waals surface area (Å²) in [7, 11) is 3.90. The number of imidazole rings is 1. The van der Waals surface area contributed by atoms with Gasteiger partial charge in [0.05, 0.1) is 36.3 Å². The van der Waals surface area contributed by atoms with E-state index in [1.807, 2.05) is 59.9 Å². The quantitative estimate of drug-likeness (QED) is 0.0504. The van der Waals surface area contributed by atoms with Crippen molar-refractivity contribution in [2.24, 2.45) is 44.7 Å². The second-order valence-corrected chi connectivity index (χ2v) is 14.6. The Morgan fingerprint density at radius 3 is 1.60 bits per heavy atom. The van der Waals surface area contributed by atoms with Crippen LogP contribution >= 0.6 is 22.7 Å². The summed E-state index contributed by atoms with van der Waals surface area (Å²) in [4.78, 5) is 48.9. The van der Waals surface area contributed by atoms with E-state index in [0.717, 1.165) is 70.2 Å². The number of carbonyl (C=O) groups is 2. The number of ketones is 2. The zero-order chi connectivity index (χ0) is 44.1. The van der Waals surface area contributed by atoms with Gasteiger partial charge in [-0.15, -0.1) is 0 Å². The normalized spacial score (nSPS) is 15.2. The maximum atomic E-state index is 10.9. The van der Waals surface area contributed by atoms with E-state index in [1.54, 1.807) is 0 Å². The minimum absolute atomic E-state index is 0. The minimum atomic E-state index is -0.583. The summed E-state index contributed by atoms with van der Waals surface area (Å²) in [6, 6.07) is 16.5. The first kappa shape index (κ1) is 47.1. The third-order valence-corrected chi connectivity index (χ3v) is 9.50. The summed E-state index contributed by atoms with van der Waals surface area (Å²) in [5.74, 6) is 0.0273. The van der Waals surface area contributed by atoms with Gasteiger partial charge in [0.25, 0.3) is 0 Å². The van der Waals surface area contributed by atoms with Crippen LogP contribution in [0.1, 0.15) is 25.3 Å². The molecule has 0 bridgehead atoms. The van der Waals surface area contributed by atoms with E-state index in [1.165, 1.54) is 29.9 Å². The number of aliphatic hydroxyl groups is 2. The topological polar surface area (TPSA) is 284 Å². The molecule has 0 unspecified atom stereocenters. The van der Waals surface area contributed by atoms with Gasteiger partial charge in [0, 0.05) is 67.4 Å². The van der Waals surface area contributed by atoms with E-state index >= 15 is 0 Å². The van der Waals surface area contributed by atoms with Gasteiger partial charge in [-0.3, -0.25) is 40.0 Å². The van der Waals surface area contributed by atoms with E-state index in [-0.39, 0.29) is 70.9 Å². The van der Waals surface area contributed by atoms with Gasteiger partial charge >= 0.3 is 16.0 Å². The summed E-state index contributed by atoms with van der Waals surface area (Å²) in [6.07, 6.45) is 13.1. The van der Waals surface area contributed by atoms with Crippen molar-refractivity contribution in [2.45, 2.75) is 19.8 Å². The second kappa shape index (κ2) is 22.2. The Hall–Kier alpha value is -7.54. The maximum absolute atomic E-state index is 10.9. The van der Waals surface area contributed by atoms with Crippen LogP contribution in [-0.2, 0) is 40.5 Å². The molecule has 0 saturated heterocycles. The zero-order valence-corrected chi connectivity index (χ0v) is 35.5. The number of hydrogen-bond acceptors (Lipinski definition) is 17. The number of nitrogens with zero attached hydrogens (tertiary/aromatic N) is 12. The van der Waals surface area contributed by atoms with Crippen LogP contribution in [-0.4, -0.2) is 47.6 Å². The number of carbonyl (C=O) groups excluding carboxylic acids is 2. The number of anilines is 2. The van der Waals surface area contributed by atoms with Crippen molar-refractivity contribution >= 4 is 78.7 Å². The molecule has 5 aromatic rings. The molecule has 0 saturated carbocycles. The van der Waals surface area contributed by atoms with Gasteiger partial charge in [0.1, 0.15) is 28.6 Å². The van der Waals surface area contributed by atoms with Gasteiger partial charge in [-0.25, -0.2) is 9.13 Å². The van der Waals surface area contributed by atoms with Gasteiger partial charge in [0.2, 0.25) is 0 Å². The van der Waals surface area contributed by atoms with E-state index in [2.05, 4.69) is 84.0 Å². The number of aromatic nitrogens is 4. The molecule has 7 rings (SSSR count). The summed E-state index contributed by atoms with van der Waals surface area (Å²) in [6.45, 7) is 4.40. The first-order valence-corrected chi connectivity index (χ1v) is 19.2. The maximum Gasteiger partial charge on any atom is 0.421 e. The minimum Gasteiger partial charge on any atom is -0.506 e. The molecule has 3 N–H and O–H groups in total. The van der Waals surface area contributed by atoms with Crippen LogP contribution in [0.3, 0.4) is 0 Å². The van der Waals surface area contributed by atoms with Crippen LogP contribution in [0.4, 0.5) is 33.0 Å². The smallest absolute Gasteiger partial charge is 0.421 e. The fraction of sp³-hybridized carbons (Fsp3) is 0.132. The molecule has 0 amide bonds. The van der Waals surface area contributed by atoms with Crippen LogP contribution in [0.15, 0.2) is 152 Å². The number of aryl methyl sites for hydroxylation is 2. The summed E-state index contributed by atoms with van der Waals surface area (Å²) >= 11 is 1.51. The van der Waals surface area contributed by atoms with E-state index in [4.69, 9.17) is 0 Å². The Labute approximate surface area is 369 Å². The number of benzene rings is 2. The molecule has 1 radical (unpaired) electrons. The Morgan fingerprint density at radius 1 is 0.742 bits per heavy atom. The van der Waals surface area contributed by atoms with Gasteiger partial charge < -0.3 is 35.7 Å². The number of allylic oxidation sites excluding steroid dienone is 6. The number of nitrogens with one attached hydrogen (secondary N) is 1. The van der Waals surface area contributed by atoms with Gasteiger partial charge in [0.15, 0.2) is 11.6 Å². The SMILES string of the molecule is CC(C)c1ccc(Nc2ccc(N=Nc3n(C)cc[n+]3C)cc2)cc1.O=C1C=CC(=NN=c2[n-]cc([N+](=O)[O-])s2)C(O)=C1.O=C1C=CC(=NN=c2[n-]cc([N+](=O)[O-])s2)C(O)=C1.[Co]. The zero-order valence-electron chi connectivity index (χ0n) is 32.8. The van der Waals surface area contributed by atoms with Crippen molar-refractivity contribution in [3.8, 4) is 0 Å². The van der Waals surface area contributed by atoms with Crippen LogP contribution < -0.4 is 29.5 Å². The Balaban J connectivity index is 0.000000207. The fourth-order valence-electron chi connectivity index (χ4n) is 4.70. The average Bonchev–Trinajstić information content (AvgIpc) is 3.99. The standard InChI is InChI=1S/C20H23N5.2C9H6N4O4S.Co/c1-15(2)16-5-7-17(8-6-16)21-18-9-11-19(12-10-18)22-23-20-24(3)13-14-25(20)4;2*14-5-1-2-6(7(15)3-5)11-12-9-10-4-8(18-9)13(16)17;/h5-15H,1-4H3;2*1-4H,(H2,10,12,14,15);/p-1. The molecule has 2 aliphatic carbocycles. The summed E-state index contributed by atoms with van der Waals surface area (Å²) in [5, 5.41) is 65.9. The Morgan fingerprint density at radius 2 is 1.21 bits per heavy atom. The molecule has 3 heterocycles. The van der Waals surface area contributed by atoms with E-state index < -0.39 is 9.85 Å². The molecule has 21 nitrogen and oxygen atoms in total. The second-order valence-electron chi connectivity index (χ2n) is 12.6. The molecule has 0 aliphatic heterocycles. The number of aliphatic hydroxyl groups excluding tert-OH is 2. The molecular weight excluding hydrogens is 890 g/mol. The predicted octanol–water partition coefficient (Wildman–Crippen LogP) is 6.03. The largest absolute Gasteiger partial charge is 0.506 e. The van der Waals surface area contributed by atoms with Crippen molar-refractivity contribution in [1.29, 1.82) is 0 Å². The first-order valence-electron chi connectivity index (χ1n) is 17.6. The average molecular weight is 924 g/mol. The first-order chi connectivity index (χ1) is 29.1. The van der Waals surface area contributed by atoms with E-state index in [9.17, 15) is 40.0 Å². The van der Waals surface area contributed by atoms with Crippen LogP contribution in [0.25, 0.3) is 0 Å². The van der Waals surface area contributed by atoms with Gasteiger partial charge in [-0.1, -0.05) is 53.8 Å². The number of thiazole rings is 2. The van der Waals surface area contributed by atoms with Crippen LogP contribution in [0.5, 0.6) is 0 Å². The van der Waals surface area contributed by atoms with Crippen molar-refractivity contribution in [3.05, 3.63) is 157 Å². The van der Waals surface area contributed by atoms with Crippen molar-refractivity contribution in [1.82, 2.24) is 14.5 Å². The fourth-order valence-corrected chi connectivity index (χ4v) is 5.81. The van der Waals surface area contributed by atoms with Gasteiger partial charge in [-0.2, -0.15) is 0 Å². The third-order valence-electron chi connectivity index (χ3n) is 7.84. The van der Waals surface area contributed by atoms with Crippen molar-refractivity contribution < 1.29 is 51.0 Å². The monoisotopic (exact) mass is 923 g/mol. The molecular formula is C38H34CoN13O8S2-.